The predicted molar refractivity (Wildman–Crippen MR) is 119 cm³/mol. The summed E-state index contributed by atoms with van der Waals surface area (Å²) in [6, 6.07) is 11.4. The Bertz CT molecular complexity index is 1050. The first-order valence-corrected chi connectivity index (χ1v) is 10.3. The number of hydrogen-bond donors (Lipinski definition) is 4. The number of nitriles is 1. The molecule has 2 rings (SSSR count). The van der Waals surface area contributed by atoms with E-state index in [2.05, 4.69) is 21.3 Å². The third kappa shape index (κ3) is 8.45. The van der Waals surface area contributed by atoms with Crippen LogP contribution < -0.4 is 21.3 Å². The fraction of sp³-hybridized carbons (Fsp3) is 0.286. The quantitative estimate of drug-likeness (QED) is 0.502. The van der Waals surface area contributed by atoms with Crippen molar-refractivity contribution in [3.05, 3.63) is 46.2 Å². The Morgan fingerprint density at radius 1 is 0.969 bits per heavy atom. The highest BCUT2D eigenvalue weighted by Crippen LogP contribution is 2.17. The maximum absolute atomic E-state index is 12.1. The van der Waals surface area contributed by atoms with Gasteiger partial charge in [-0.2, -0.15) is 5.26 Å². The van der Waals surface area contributed by atoms with Crippen LogP contribution in [0.25, 0.3) is 0 Å². The molecular weight excluding hydrogens is 434 g/mol. The van der Waals surface area contributed by atoms with Gasteiger partial charge in [-0.15, -0.1) is 11.3 Å². The number of anilines is 2. The Balaban J connectivity index is 1.76. The average Bonchev–Trinajstić information content (AvgIpc) is 3.18. The van der Waals surface area contributed by atoms with Crippen LogP contribution in [0.2, 0.25) is 0 Å². The second-order valence-corrected chi connectivity index (χ2v) is 8.57. The van der Waals surface area contributed by atoms with Gasteiger partial charge in [0.05, 0.1) is 18.0 Å². The minimum atomic E-state index is -0.642. The van der Waals surface area contributed by atoms with Crippen LogP contribution in [0.1, 0.15) is 35.3 Å². The number of nitrogens with one attached hydrogen (secondary N) is 4. The fourth-order valence-corrected chi connectivity index (χ4v) is 3.03. The number of carbonyl (C=O) groups excluding carboxylic acids is 4. The molecule has 0 atom stereocenters. The van der Waals surface area contributed by atoms with Crippen molar-refractivity contribution in [1.82, 2.24) is 10.6 Å². The fourth-order valence-electron chi connectivity index (χ4n) is 2.31. The number of nitrogens with zero attached hydrogens (tertiary/aromatic N) is 1. The van der Waals surface area contributed by atoms with Crippen LogP contribution in [-0.4, -0.2) is 42.5 Å². The van der Waals surface area contributed by atoms with Gasteiger partial charge in [0.25, 0.3) is 5.91 Å². The van der Waals surface area contributed by atoms with Gasteiger partial charge in [0.1, 0.15) is 16.5 Å². The summed E-state index contributed by atoms with van der Waals surface area (Å²) in [4.78, 5) is 48.4. The first kappa shape index (κ1) is 24.4. The van der Waals surface area contributed by atoms with E-state index in [-0.39, 0.29) is 13.1 Å². The van der Waals surface area contributed by atoms with E-state index in [0.29, 0.717) is 21.1 Å². The molecule has 0 unspecified atom stereocenters. The second-order valence-electron chi connectivity index (χ2n) is 7.49. The highest BCUT2D eigenvalue weighted by Gasteiger charge is 2.16. The predicted octanol–water partition coefficient (Wildman–Crippen LogP) is 2.45. The molecule has 168 valence electrons. The molecular formula is C21H23N5O5S. The highest BCUT2D eigenvalue weighted by atomic mass is 32.1. The van der Waals surface area contributed by atoms with Gasteiger partial charge >= 0.3 is 6.09 Å². The third-order valence-corrected chi connectivity index (χ3v) is 4.58. The molecule has 0 radical (unpaired) electrons. The molecule has 2 aromatic rings. The lowest BCUT2D eigenvalue weighted by Gasteiger charge is -2.19. The number of rotatable bonds is 7. The minimum absolute atomic E-state index is 0.310. The molecule has 1 heterocycles. The summed E-state index contributed by atoms with van der Waals surface area (Å²) >= 11 is 1.02. The van der Waals surface area contributed by atoms with Gasteiger partial charge in [-0.25, -0.2) is 4.79 Å². The molecule has 4 N–H and O–H groups in total. The van der Waals surface area contributed by atoms with E-state index >= 15 is 0 Å². The molecule has 0 aliphatic carbocycles. The molecule has 4 amide bonds. The van der Waals surface area contributed by atoms with Crippen molar-refractivity contribution < 1.29 is 23.9 Å². The van der Waals surface area contributed by atoms with Gasteiger partial charge in [0.2, 0.25) is 11.8 Å². The topological polar surface area (TPSA) is 149 Å². The van der Waals surface area contributed by atoms with Gasteiger partial charge in [-0.1, -0.05) is 6.07 Å². The van der Waals surface area contributed by atoms with Crippen LogP contribution >= 0.6 is 11.3 Å². The second kappa shape index (κ2) is 10.9. The van der Waals surface area contributed by atoms with E-state index in [4.69, 9.17) is 10.00 Å². The smallest absolute Gasteiger partial charge is 0.412 e. The van der Waals surface area contributed by atoms with Gasteiger partial charge in [0, 0.05) is 11.4 Å². The van der Waals surface area contributed by atoms with Crippen molar-refractivity contribution in [3.63, 3.8) is 0 Å². The van der Waals surface area contributed by atoms with Crippen LogP contribution in [0.15, 0.2) is 36.4 Å². The maximum Gasteiger partial charge on any atom is 0.412 e. The number of thiophene rings is 1. The Labute approximate surface area is 188 Å². The van der Waals surface area contributed by atoms with E-state index in [9.17, 15) is 19.2 Å². The number of hydrogen-bond acceptors (Lipinski definition) is 7. The van der Waals surface area contributed by atoms with Crippen molar-refractivity contribution in [2.24, 2.45) is 0 Å². The number of amides is 4. The molecule has 10 nitrogen and oxygen atoms in total. The van der Waals surface area contributed by atoms with E-state index < -0.39 is 29.4 Å². The van der Waals surface area contributed by atoms with E-state index in [1.807, 2.05) is 6.07 Å². The molecule has 0 aliphatic rings. The zero-order valence-corrected chi connectivity index (χ0v) is 18.6. The van der Waals surface area contributed by atoms with Crippen molar-refractivity contribution in [2.75, 3.05) is 23.7 Å². The summed E-state index contributed by atoms with van der Waals surface area (Å²) < 4.78 is 5.17. The first-order chi connectivity index (χ1) is 15.1. The minimum Gasteiger partial charge on any atom is -0.444 e. The van der Waals surface area contributed by atoms with Crippen molar-refractivity contribution in [3.8, 4) is 6.07 Å². The van der Waals surface area contributed by atoms with E-state index in [1.54, 1.807) is 45.0 Å². The standard InChI is InChI=1S/C21H23N5O5S/c1-21(2,3)31-20(30)26-14-6-4-5-13(9-14)25-18(28)12-23-17(27)11-24-19(29)16-8-7-15(10-22)32-16/h4-9H,11-12H2,1-3H3,(H,23,27)(H,24,29)(H,25,28)(H,26,30). The van der Waals surface area contributed by atoms with Gasteiger partial charge < -0.3 is 20.7 Å². The molecule has 0 saturated heterocycles. The van der Waals surface area contributed by atoms with Crippen molar-refractivity contribution in [1.29, 1.82) is 5.26 Å². The number of ether oxygens (including phenoxy) is 1. The van der Waals surface area contributed by atoms with Crippen LogP contribution in [0.4, 0.5) is 16.2 Å². The third-order valence-electron chi connectivity index (χ3n) is 3.59. The molecule has 0 bridgehead atoms. The summed E-state index contributed by atoms with van der Waals surface area (Å²) in [5.74, 6) is -1.52. The van der Waals surface area contributed by atoms with Gasteiger partial charge in [-0.3, -0.25) is 19.7 Å². The van der Waals surface area contributed by atoms with Crippen LogP contribution in [-0.2, 0) is 14.3 Å². The van der Waals surface area contributed by atoms with Gasteiger partial charge in [-0.05, 0) is 51.1 Å². The molecule has 0 aliphatic heterocycles. The summed E-state index contributed by atoms with van der Waals surface area (Å²) in [5.41, 5.74) is 0.200. The van der Waals surface area contributed by atoms with Crippen molar-refractivity contribution >= 4 is 46.5 Å². The lowest BCUT2D eigenvalue weighted by Crippen LogP contribution is -2.40. The first-order valence-electron chi connectivity index (χ1n) is 9.50. The summed E-state index contributed by atoms with van der Waals surface area (Å²) in [7, 11) is 0. The monoisotopic (exact) mass is 457 g/mol. The lowest BCUT2D eigenvalue weighted by molar-refractivity contribution is -0.123. The Morgan fingerprint density at radius 3 is 2.25 bits per heavy atom. The largest absolute Gasteiger partial charge is 0.444 e. The molecule has 0 fully saturated rings. The highest BCUT2D eigenvalue weighted by molar-refractivity contribution is 7.14. The SMILES string of the molecule is CC(C)(C)OC(=O)Nc1cccc(NC(=O)CNC(=O)CNC(=O)c2ccc(C#N)s2)c1. The zero-order chi connectivity index (χ0) is 23.7. The average molecular weight is 458 g/mol. The molecule has 0 saturated carbocycles. The molecule has 0 spiro atoms. The molecule has 11 heteroatoms. The molecule has 32 heavy (non-hydrogen) atoms. The zero-order valence-electron chi connectivity index (χ0n) is 17.8. The number of carbonyl (C=O) groups is 4. The molecule has 1 aromatic carbocycles. The van der Waals surface area contributed by atoms with E-state index in [1.165, 1.54) is 12.1 Å². The van der Waals surface area contributed by atoms with Crippen LogP contribution in [0.5, 0.6) is 0 Å². The van der Waals surface area contributed by atoms with E-state index in [0.717, 1.165) is 11.3 Å². The molecule has 1 aromatic heterocycles. The number of benzene rings is 1. The lowest BCUT2D eigenvalue weighted by atomic mass is 10.2. The van der Waals surface area contributed by atoms with Crippen LogP contribution in [0.3, 0.4) is 0 Å². The van der Waals surface area contributed by atoms with Gasteiger partial charge in [0.15, 0.2) is 0 Å². The summed E-state index contributed by atoms with van der Waals surface area (Å²) in [6.45, 7) is 4.61. The Morgan fingerprint density at radius 2 is 1.62 bits per heavy atom. The summed E-state index contributed by atoms with van der Waals surface area (Å²) in [5, 5.41) is 18.8. The Kier molecular flexibility index (Phi) is 8.31. The Hall–Kier alpha value is -3.91. The van der Waals surface area contributed by atoms with Crippen LogP contribution in [0, 0.1) is 11.3 Å². The van der Waals surface area contributed by atoms with Crippen molar-refractivity contribution in [2.45, 2.75) is 26.4 Å². The maximum atomic E-state index is 12.1. The normalized spacial score (nSPS) is 10.4. The summed E-state index contributed by atoms with van der Waals surface area (Å²) in [6.07, 6.45) is -0.623.